The van der Waals surface area contributed by atoms with Crippen LogP contribution in [0.4, 0.5) is 4.39 Å². The van der Waals surface area contributed by atoms with Gasteiger partial charge in [-0.2, -0.15) is 0 Å². The van der Waals surface area contributed by atoms with Crippen LogP contribution in [0.3, 0.4) is 0 Å². The van der Waals surface area contributed by atoms with E-state index >= 15 is 0 Å². The number of hydrogen-bond donors (Lipinski definition) is 1. The van der Waals surface area contributed by atoms with Crippen LogP contribution in [0.2, 0.25) is 0 Å². The van der Waals surface area contributed by atoms with Crippen LogP contribution in [0.5, 0.6) is 0 Å². The van der Waals surface area contributed by atoms with E-state index in [4.69, 9.17) is 5.73 Å². The molecule has 142 valence electrons. The van der Waals surface area contributed by atoms with Crippen molar-refractivity contribution < 1.29 is 14.0 Å². The van der Waals surface area contributed by atoms with Gasteiger partial charge in [0.05, 0.1) is 17.2 Å². The van der Waals surface area contributed by atoms with Crippen LogP contribution in [0, 0.1) is 5.82 Å². The highest BCUT2D eigenvalue weighted by Gasteiger charge is 2.41. The van der Waals surface area contributed by atoms with E-state index in [1.165, 1.54) is 10.9 Å². The van der Waals surface area contributed by atoms with Crippen molar-refractivity contribution in [3.63, 3.8) is 0 Å². The summed E-state index contributed by atoms with van der Waals surface area (Å²) in [5, 5.41) is 2.08. The quantitative estimate of drug-likeness (QED) is 0.876. The highest BCUT2D eigenvalue weighted by Crippen LogP contribution is 2.39. The van der Waals surface area contributed by atoms with E-state index in [0.29, 0.717) is 5.56 Å². The molecule has 2 aliphatic heterocycles. The van der Waals surface area contributed by atoms with Gasteiger partial charge in [0, 0.05) is 30.6 Å². The molecule has 0 bridgehead atoms. The predicted molar refractivity (Wildman–Crippen MR) is 102 cm³/mol. The number of rotatable bonds is 4. The molecule has 1 atom stereocenters. The molecule has 0 saturated carbocycles. The second-order valence-electron chi connectivity index (χ2n) is 7.26. The predicted octanol–water partition coefficient (Wildman–Crippen LogP) is 3.17. The number of nitrogens with zero attached hydrogens (tertiary/aromatic N) is 2. The molecule has 0 spiro atoms. The summed E-state index contributed by atoms with van der Waals surface area (Å²) in [6.45, 7) is 4.65. The van der Waals surface area contributed by atoms with Gasteiger partial charge in [-0.25, -0.2) is 4.39 Å². The maximum absolute atomic E-state index is 13.9. The molecular formula is C20H22FN3O2S. The average Bonchev–Trinajstić information content (AvgIpc) is 3.23. The highest BCUT2D eigenvalue weighted by atomic mass is 32.1. The Kier molecular flexibility index (Phi) is 4.74. The maximum Gasteiger partial charge on any atom is 0.255 e. The minimum absolute atomic E-state index is 0.0144. The van der Waals surface area contributed by atoms with Gasteiger partial charge in [-0.3, -0.25) is 14.5 Å². The largest absolute Gasteiger partial charge is 0.366 e. The van der Waals surface area contributed by atoms with Gasteiger partial charge in [-0.1, -0.05) is 6.07 Å². The molecule has 0 radical (unpaired) electrons. The van der Waals surface area contributed by atoms with Gasteiger partial charge in [0.15, 0.2) is 0 Å². The summed E-state index contributed by atoms with van der Waals surface area (Å²) in [6, 6.07) is 6.46. The molecule has 2 N–H and O–H groups in total. The van der Waals surface area contributed by atoms with Crippen LogP contribution in [-0.4, -0.2) is 40.7 Å². The molecule has 2 aliphatic rings. The third-order valence-electron chi connectivity index (χ3n) is 5.62. The minimum atomic E-state index is -0.765. The molecule has 7 heteroatoms. The lowest BCUT2D eigenvalue weighted by Gasteiger charge is -2.38. The number of halogens is 1. The lowest BCUT2D eigenvalue weighted by Crippen LogP contribution is -2.45. The Morgan fingerprint density at radius 3 is 2.70 bits per heavy atom. The van der Waals surface area contributed by atoms with E-state index in [0.717, 1.165) is 38.5 Å². The second kappa shape index (κ2) is 7.05. The molecule has 3 heterocycles. The molecule has 2 amide bonds. The van der Waals surface area contributed by atoms with Crippen molar-refractivity contribution in [1.82, 2.24) is 9.80 Å². The van der Waals surface area contributed by atoms with Crippen LogP contribution in [-0.2, 0) is 6.54 Å². The van der Waals surface area contributed by atoms with Gasteiger partial charge in [0.1, 0.15) is 5.82 Å². The van der Waals surface area contributed by atoms with Crippen molar-refractivity contribution >= 4 is 23.2 Å². The number of benzene rings is 1. The lowest BCUT2D eigenvalue weighted by molar-refractivity contribution is 0.0511. The molecule has 0 aliphatic carbocycles. The minimum Gasteiger partial charge on any atom is -0.366 e. The van der Waals surface area contributed by atoms with Gasteiger partial charge < -0.3 is 10.6 Å². The number of piperidine rings is 1. The zero-order valence-electron chi connectivity index (χ0n) is 15.2. The first kappa shape index (κ1) is 18.1. The number of fused-ring (bicyclic) bond motifs is 1. The normalized spacial score (nSPS) is 20.9. The van der Waals surface area contributed by atoms with Crippen molar-refractivity contribution in [2.24, 2.45) is 5.73 Å². The Morgan fingerprint density at radius 2 is 2.07 bits per heavy atom. The fourth-order valence-electron chi connectivity index (χ4n) is 4.31. The standard InChI is InChI=1S/C20H22FN3O2S/c1-12-16-9-13(21)10-17(19(22)25)18(16)20(26)24(12)14-4-6-23(7-5-14)11-15-3-2-8-27-15/h2-3,8-10,12,14H,4-7,11H2,1H3,(H2,22,25). The maximum atomic E-state index is 13.9. The number of hydrogen-bond acceptors (Lipinski definition) is 4. The summed E-state index contributed by atoms with van der Waals surface area (Å²) < 4.78 is 13.9. The number of nitrogens with two attached hydrogens (primary N) is 1. The second-order valence-corrected chi connectivity index (χ2v) is 8.29. The SMILES string of the molecule is CC1c2cc(F)cc(C(N)=O)c2C(=O)N1C1CCN(Cc2cccs2)CC1. The van der Waals surface area contributed by atoms with Gasteiger partial charge in [0.25, 0.3) is 5.91 Å². The summed E-state index contributed by atoms with van der Waals surface area (Å²) in [7, 11) is 0. The van der Waals surface area contributed by atoms with Crippen LogP contribution in [0.1, 0.15) is 57.0 Å². The van der Waals surface area contributed by atoms with Crippen molar-refractivity contribution in [3.05, 3.63) is 57.0 Å². The third-order valence-corrected chi connectivity index (χ3v) is 6.49. The van der Waals surface area contributed by atoms with E-state index in [1.807, 2.05) is 11.8 Å². The molecule has 1 saturated heterocycles. The smallest absolute Gasteiger partial charge is 0.255 e. The van der Waals surface area contributed by atoms with Crippen LogP contribution < -0.4 is 5.73 Å². The Hall–Kier alpha value is -2.25. The summed E-state index contributed by atoms with van der Waals surface area (Å²) in [4.78, 5) is 30.3. The molecule has 1 unspecified atom stereocenters. The molecule has 1 fully saturated rings. The molecule has 2 aromatic rings. The number of primary amides is 1. The molecule has 1 aromatic heterocycles. The van der Waals surface area contributed by atoms with Crippen LogP contribution in [0.15, 0.2) is 29.6 Å². The van der Waals surface area contributed by atoms with Gasteiger partial charge in [0.2, 0.25) is 5.91 Å². The van der Waals surface area contributed by atoms with Gasteiger partial charge in [-0.15, -0.1) is 11.3 Å². The number of likely N-dealkylation sites (tertiary alicyclic amines) is 1. The van der Waals surface area contributed by atoms with E-state index in [2.05, 4.69) is 22.4 Å². The van der Waals surface area contributed by atoms with E-state index in [-0.39, 0.29) is 29.1 Å². The number of carbonyl (C=O) groups is 2. The average molecular weight is 387 g/mol. The molecular weight excluding hydrogens is 365 g/mol. The number of amides is 2. The lowest BCUT2D eigenvalue weighted by atomic mass is 9.99. The van der Waals surface area contributed by atoms with Crippen molar-refractivity contribution in [2.45, 2.75) is 38.4 Å². The van der Waals surface area contributed by atoms with Crippen LogP contribution in [0.25, 0.3) is 0 Å². The molecule has 5 nitrogen and oxygen atoms in total. The van der Waals surface area contributed by atoms with E-state index in [1.54, 1.807) is 11.3 Å². The summed E-state index contributed by atoms with van der Waals surface area (Å²) in [5.74, 6) is -1.50. The molecule has 1 aromatic carbocycles. The molecule has 4 rings (SSSR count). The van der Waals surface area contributed by atoms with E-state index < -0.39 is 11.7 Å². The highest BCUT2D eigenvalue weighted by molar-refractivity contribution is 7.09. The first-order chi connectivity index (χ1) is 13.0. The fraction of sp³-hybridized carbons (Fsp3) is 0.400. The Labute approximate surface area is 161 Å². The topological polar surface area (TPSA) is 66.6 Å². The summed E-state index contributed by atoms with van der Waals surface area (Å²) >= 11 is 1.76. The number of carbonyl (C=O) groups excluding carboxylic acids is 2. The molecule has 27 heavy (non-hydrogen) atoms. The zero-order chi connectivity index (χ0) is 19.1. The van der Waals surface area contributed by atoms with Crippen molar-refractivity contribution in [1.29, 1.82) is 0 Å². The number of thiophene rings is 1. The van der Waals surface area contributed by atoms with Gasteiger partial charge >= 0.3 is 0 Å². The summed E-state index contributed by atoms with van der Waals surface area (Å²) in [6.07, 6.45) is 1.73. The monoisotopic (exact) mass is 387 g/mol. The first-order valence-corrected chi connectivity index (χ1v) is 10.0. The Balaban J connectivity index is 1.51. The Morgan fingerprint density at radius 1 is 1.33 bits per heavy atom. The Bertz CT molecular complexity index is 876. The van der Waals surface area contributed by atoms with Gasteiger partial charge in [-0.05, 0) is 48.9 Å². The van der Waals surface area contributed by atoms with Crippen molar-refractivity contribution in [3.8, 4) is 0 Å². The zero-order valence-corrected chi connectivity index (χ0v) is 16.0. The third kappa shape index (κ3) is 3.26. The van der Waals surface area contributed by atoms with Crippen LogP contribution >= 0.6 is 11.3 Å². The van der Waals surface area contributed by atoms with Crippen molar-refractivity contribution in [2.75, 3.05) is 13.1 Å². The fourth-order valence-corrected chi connectivity index (χ4v) is 5.05. The summed E-state index contributed by atoms with van der Waals surface area (Å²) in [5.41, 5.74) is 6.21. The van der Waals surface area contributed by atoms with E-state index in [9.17, 15) is 14.0 Å². The first-order valence-electron chi connectivity index (χ1n) is 9.16.